The van der Waals surface area contributed by atoms with Crippen molar-refractivity contribution in [3.8, 4) is 0 Å². The van der Waals surface area contributed by atoms with Crippen LogP contribution in [0.5, 0.6) is 0 Å². The Labute approximate surface area is 137 Å². The molecule has 2 aliphatic rings. The largest absolute Gasteiger partial charge is 0.396 e. The average Bonchev–Trinajstić information content (AvgIpc) is 3.10. The number of aromatic nitrogens is 4. The molecule has 5 atom stereocenters. The van der Waals surface area contributed by atoms with Crippen molar-refractivity contribution in [3.63, 3.8) is 0 Å². The number of hydrogen-bond donors (Lipinski definition) is 4. The van der Waals surface area contributed by atoms with Gasteiger partial charge in [-0.1, -0.05) is 11.8 Å². The van der Waals surface area contributed by atoms with E-state index in [-0.39, 0.29) is 18.6 Å². The van der Waals surface area contributed by atoms with Crippen molar-refractivity contribution >= 4 is 28.7 Å². The third-order valence-corrected chi connectivity index (χ3v) is 5.84. The lowest BCUT2D eigenvalue weighted by atomic mass is 10.0. The van der Waals surface area contributed by atoms with Crippen LogP contribution >= 0.6 is 11.8 Å². The number of nitrogens with zero attached hydrogens (tertiary/aromatic N) is 4. The van der Waals surface area contributed by atoms with Crippen LogP contribution in [0.15, 0.2) is 11.5 Å². The van der Waals surface area contributed by atoms with Gasteiger partial charge in [-0.25, -0.2) is 15.0 Å². The van der Waals surface area contributed by atoms with Crippen LogP contribution in [0.3, 0.4) is 0 Å². The molecule has 0 aliphatic heterocycles. The fourth-order valence-electron chi connectivity index (χ4n) is 3.93. The summed E-state index contributed by atoms with van der Waals surface area (Å²) in [6.07, 6.45) is 2.37. The van der Waals surface area contributed by atoms with Crippen LogP contribution in [0, 0.1) is 11.3 Å². The Hall–Kier alpha value is -1.42. The first-order valence-electron chi connectivity index (χ1n) is 7.50. The maximum absolute atomic E-state index is 10.5. The Balaban J connectivity index is 1.84. The maximum Gasteiger partial charge on any atom is 0.191 e. The quantitative estimate of drug-likeness (QED) is 0.450. The van der Waals surface area contributed by atoms with Crippen LogP contribution in [-0.4, -0.2) is 67.0 Å². The molecule has 0 amide bonds. The van der Waals surface area contributed by atoms with Gasteiger partial charge >= 0.3 is 0 Å². The Kier molecular flexibility index (Phi) is 3.31. The molecule has 0 radical (unpaired) electrons. The average molecular weight is 337 g/mol. The van der Waals surface area contributed by atoms with E-state index in [4.69, 9.17) is 0 Å². The van der Waals surface area contributed by atoms with Gasteiger partial charge in [0.2, 0.25) is 0 Å². The van der Waals surface area contributed by atoms with Crippen molar-refractivity contribution in [2.24, 2.45) is 11.3 Å². The zero-order valence-corrected chi connectivity index (χ0v) is 13.7. The number of rotatable bonds is 4. The van der Waals surface area contributed by atoms with Crippen molar-refractivity contribution in [3.05, 3.63) is 6.33 Å². The van der Waals surface area contributed by atoms with Crippen molar-refractivity contribution in [1.29, 1.82) is 0 Å². The standard InChI is InChI=1S/C14H19N5O3S/c1-15-11-7-12(18-13(17-11)23-2)19(5-16-7)8-6-3-14(6,4-20)10(22)9(8)21/h5-6,8-10,20-22H,3-4H2,1-2H3,(H,15,17,18)/t6-,8-,9+,10+,14+/m1/s1. The van der Waals surface area contributed by atoms with Gasteiger partial charge in [0.05, 0.1) is 25.1 Å². The minimum absolute atomic E-state index is 0.0284. The summed E-state index contributed by atoms with van der Waals surface area (Å²) in [6, 6.07) is -0.337. The number of fused-ring (bicyclic) bond motifs is 2. The van der Waals surface area contributed by atoms with Crippen LogP contribution < -0.4 is 5.32 Å². The molecule has 124 valence electrons. The van der Waals surface area contributed by atoms with Gasteiger partial charge in [-0.2, -0.15) is 0 Å². The normalized spacial score (nSPS) is 35.5. The van der Waals surface area contributed by atoms with Gasteiger partial charge < -0.3 is 25.2 Å². The zero-order valence-electron chi connectivity index (χ0n) is 12.8. The van der Waals surface area contributed by atoms with E-state index in [0.717, 1.165) is 0 Å². The second-order valence-electron chi connectivity index (χ2n) is 6.26. The summed E-state index contributed by atoms with van der Waals surface area (Å²) in [7, 11) is 1.77. The number of nitrogens with one attached hydrogen (secondary N) is 1. The summed E-state index contributed by atoms with van der Waals surface area (Å²) in [4.78, 5) is 13.3. The second kappa shape index (κ2) is 5.04. The lowest BCUT2D eigenvalue weighted by Gasteiger charge is -2.23. The molecule has 2 aliphatic carbocycles. The lowest BCUT2D eigenvalue weighted by molar-refractivity contribution is -0.0300. The van der Waals surface area contributed by atoms with Gasteiger partial charge in [-0.05, 0) is 18.6 Å². The monoisotopic (exact) mass is 337 g/mol. The molecule has 0 spiro atoms. The van der Waals surface area contributed by atoms with Gasteiger partial charge in [-0.15, -0.1) is 0 Å². The van der Waals surface area contributed by atoms with Crippen LogP contribution in [0.1, 0.15) is 12.5 Å². The highest BCUT2D eigenvalue weighted by atomic mass is 32.2. The fourth-order valence-corrected chi connectivity index (χ4v) is 4.29. The van der Waals surface area contributed by atoms with E-state index in [1.54, 1.807) is 13.4 Å². The number of aliphatic hydroxyl groups excluding tert-OH is 3. The first kappa shape index (κ1) is 15.1. The van der Waals surface area contributed by atoms with Crippen LogP contribution in [0.2, 0.25) is 0 Å². The van der Waals surface area contributed by atoms with Gasteiger partial charge in [-0.3, -0.25) is 0 Å². The van der Waals surface area contributed by atoms with Crippen molar-refractivity contribution in [2.45, 2.75) is 29.8 Å². The van der Waals surface area contributed by atoms with Crippen LogP contribution in [-0.2, 0) is 0 Å². The number of thioether (sulfide) groups is 1. The molecule has 2 saturated carbocycles. The molecular formula is C14H19N5O3S. The number of aliphatic hydroxyl groups is 3. The zero-order chi connectivity index (χ0) is 16.4. The minimum Gasteiger partial charge on any atom is -0.396 e. The topological polar surface area (TPSA) is 116 Å². The molecule has 2 fully saturated rings. The first-order chi connectivity index (χ1) is 11.1. The van der Waals surface area contributed by atoms with Crippen LogP contribution in [0.4, 0.5) is 5.82 Å². The third kappa shape index (κ3) is 1.87. The van der Waals surface area contributed by atoms with Crippen molar-refractivity contribution in [1.82, 2.24) is 19.5 Å². The summed E-state index contributed by atoms with van der Waals surface area (Å²) < 4.78 is 1.82. The Morgan fingerprint density at radius 3 is 2.83 bits per heavy atom. The number of imidazole rings is 1. The van der Waals surface area contributed by atoms with Crippen molar-refractivity contribution in [2.75, 3.05) is 25.2 Å². The first-order valence-corrected chi connectivity index (χ1v) is 8.73. The fraction of sp³-hybridized carbons (Fsp3) is 0.643. The molecule has 0 unspecified atom stereocenters. The predicted octanol–water partition coefficient (Wildman–Crippen LogP) is -0.135. The summed E-state index contributed by atoms with van der Waals surface area (Å²) in [5, 5.41) is 34.0. The summed E-state index contributed by atoms with van der Waals surface area (Å²) >= 11 is 1.43. The predicted molar refractivity (Wildman–Crippen MR) is 85.3 cm³/mol. The third-order valence-electron chi connectivity index (χ3n) is 5.29. The second-order valence-corrected chi connectivity index (χ2v) is 7.03. The van der Waals surface area contributed by atoms with E-state index in [1.165, 1.54) is 11.8 Å². The number of hydrogen-bond acceptors (Lipinski definition) is 8. The van der Waals surface area contributed by atoms with E-state index in [1.807, 2.05) is 10.8 Å². The minimum atomic E-state index is -0.941. The Morgan fingerprint density at radius 1 is 1.43 bits per heavy atom. The Morgan fingerprint density at radius 2 is 2.22 bits per heavy atom. The van der Waals surface area contributed by atoms with E-state index in [2.05, 4.69) is 20.3 Å². The van der Waals surface area contributed by atoms with Gasteiger partial charge in [0.1, 0.15) is 6.10 Å². The highest BCUT2D eigenvalue weighted by Gasteiger charge is 2.71. The molecule has 0 saturated heterocycles. The highest BCUT2D eigenvalue weighted by molar-refractivity contribution is 7.98. The van der Waals surface area contributed by atoms with E-state index in [0.29, 0.717) is 28.6 Å². The molecule has 2 aromatic heterocycles. The molecule has 23 heavy (non-hydrogen) atoms. The molecule has 9 heteroatoms. The highest BCUT2D eigenvalue weighted by Crippen LogP contribution is 2.67. The molecular weight excluding hydrogens is 318 g/mol. The van der Waals surface area contributed by atoms with Gasteiger partial charge in [0, 0.05) is 12.5 Å². The van der Waals surface area contributed by atoms with E-state index in [9.17, 15) is 15.3 Å². The Bertz CT molecular complexity index is 768. The molecule has 8 nitrogen and oxygen atoms in total. The summed E-state index contributed by atoms with van der Waals surface area (Å²) in [6.45, 7) is -0.119. The smallest absolute Gasteiger partial charge is 0.191 e. The molecule has 2 aromatic rings. The molecule has 4 rings (SSSR count). The van der Waals surface area contributed by atoms with E-state index >= 15 is 0 Å². The molecule has 0 bridgehead atoms. The summed E-state index contributed by atoms with van der Waals surface area (Å²) in [5.41, 5.74) is 0.682. The number of anilines is 1. The van der Waals surface area contributed by atoms with Crippen LogP contribution in [0.25, 0.3) is 11.2 Å². The van der Waals surface area contributed by atoms with Gasteiger partial charge in [0.25, 0.3) is 0 Å². The molecule has 0 aromatic carbocycles. The molecule has 4 N–H and O–H groups in total. The van der Waals surface area contributed by atoms with Crippen molar-refractivity contribution < 1.29 is 15.3 Å². The molecule has 2 heterocycles. The van der Waals surface area contributed by atoms with Gasteiger partial charge in [0.15, 0.2) is 22.1 Å². The lowest BCUT2D eigenvalue weighted by Crippen LogP contribution is -2.35. The van der Waals surface area contributed by atoms with E-state index < -0.39 is 17.6 Å². The SMILES string of the molecule is CNc1nc(SC)nc2c1ncn2[C@H]1[C@H](O)[C@H](O)[C@]2(CO)C[C@H]12. The maximum atomic E-state index is 10.5. The summed E-state index contributed by atoms with van der Waals surface area (Å²) in [5.74, 6) is 0.663.